The number of nitro groups is 1. The Hall–Kier alpha value is -2.22. The van der Waals surface area contributed by atoms with E-state index in [2.05, 4.69) is 10.2 Å². The second kappa shape index (κ2) is 8.86. The maximum atomic E-state index is 14.5. The molecule has 148 valence electrons. The van der Waals surface area contributed by atoms with Gasteiger partial charge in [0.25, 0.3) is 11.6 Å². The molecule has 0 aromatic heterocycles. The number of amides is 1. The van der Waals surface area contributed by atoms with Crippen LogP contribution >= 0.6 is 23.2 Å². The Morgan fingerprint density at radius 2 is 1.93 bits per heavy atom. The summed E-state index contributed by atoms with van der Waals surface area (Å²) in [7, 11) is 0. The number of carbonyl (C=O) groups excluding carboxylic acids is 1. The molecule has 1 heterocycles. The molecule has 0 saturated carbocycles. The highest BCUT2D eigenvalue weighted by molar-refractivity contribution is 6.34. The minimum atomic E-state index is -0.586. The number of non-ortho nitro benzene ring substituents is 1. The van der Waals surface area contributed by atoms with Gasteiger partial charge < -0.3 is 5.32 Å². The van der Waals surface area contributed by atoms with Crippen LogP contribution in [-0.2, 0) is 0 Å². The van der Waals surface area contributed by atoms with Gasteiger partial charge in [-0.2, -0.15) is 0 Å². The van der Waals surface area contributed by atoms with Crippen molar-refractivity contribution >= 4 is 34.8 Å². The molecule has 1 N–H and O–H groups in total. The summed E-state index contributed by atoms with van der Waals surface area (Å²) in [5.74, 6) is -0.913. The van der Waals surface area contributed by atoms with Crippen LogP contribution < -0.4 is 5.32 Å². The fourth-order valence-corrected chi connectivity index (χ4v) is 3.93. The van der Waals surface area contributed by atoms with Crippen LogP contribution in [0, 0.1) is 15.9 Å². The number of halogens is 3. The number of benzene rings is 2. The van der Waals surface area contributed by atoms with Crippen molar-refractivity contribution in [3.8, 4) is 0 Å². The van der Waals surface area contributed by atoms with E-state index in [0.29, 0.717) is 10.6 Å². The third kappa shape index (κ3) is 4.43. The summed E-state index contributed by atoms with van der Waals surface area (Å²) in [6.07, 6.45) is 1.98. The summed E-state index contributed by atoms with van der Waals surface area (Å²) in [5, 5.41) is 13.9. The van der Waals surface area contributed by atoms with Gasteiger partial charge in [0.1, 0.15) is 5.82 Å². The van der Waals surface area contributed by atoms with Gasteiger partial charge in [-0.15, -0.1) is 0 Å². The molecule has 1 atom stereocenters. The van der Waals surface area contributed by atoms with E-state index in [4.69, 9.17) is 23.2 Å². The van der Waals surface area contributed by atoms with Crippen molar-refractivity contribution in [2.75, 3.05) is 19.6 Å². The van der Waals surface area contributed by atoms with E-state index in [-0.39, 0.29) is 22.8 Å². The Bertz CT molecular complexity index is 884. The minimum absolute atomic E-state index is 0.0200. The maximum Gasteiger partial charge on any atom is 0.270 e. The standard InChI is InChI=1S/C19H18Cl2FN3O3/c20-14-4-3-5-16(22)18(14)17(24-8-1-2-9-24)11-23-19(26)13-7-6-12(25(27)28)10-15(13)21/h3-7,10,17H,1-2,8-9,11H2,(H,23,26). The lowest BCUT2D eigenvalue weighted by molar-refractivity contribution is -0.384. The molecule has 1 aliphatic rings. The number of nitrogens with one attached hydrogen (secondary N) is 1. The molecule has 1 saturated heterocycles. The molecular formula is C19H18Cl2FN3O3. The average Bonchev–Trinajstić information content (AvgIpc) is 3.18. The van der Waals surface area contributed by atoms with E-state index in [9.17, 15) is 19.3 Å². The molecule has 1 fully saturated rings. The molecule has 28 heavy (non-hydrogen) atoms. The van der Waals surface area contributed by atoms with Crippen molar-refractivity contribution in [1.82, 2.24) is 10.2 Å². The first-order valence-electron chi connectivity index (χ1n) is 8.78. The SMILES string of the molecule is O=C(NCC(c1c(F)cccc1Cl)N1CCCC1)c1ccc([N+](=O)[O-])cc1Cl. The van der Waals surface area contributed by atoms with E-state index < -0.39 is 22.7 Å². The van der Waals surface area contributed by atoms with Gasteiger partial charge in [0.2, 0.25) is 0 Å². The van der Waals surface area contributed by atoms with Crippen LogP contribution in [-0.4, -0.2) is 35.4 Å². The largest absolute Gasteiger partial charge is 0.350 e. The topological polar surface area (TPSA) is 75.5 Å². The van der Waals surface area contributed by atoms with E-state index in [1.807, 2.05) is 0 Å². The van der Waals surface area contributed by atoms with E-state index >= 15 is 0 Å². The molecule has 0 bridgehead atoms. The molecule has 1 aliphatic heterocycles. The Balaban J connectivity index is 1.80. The summed E-state index contributed by atoms with van der Waals surface area (Å²) in [6.45, 7) is 1.69. The molecule has 2 aromatic carbocycles. The van der Waals surface area contributed by atoms with Crippen LogP contribution in [0.5, 0.6) is 0 Å². The molecule has 1 amide bonds. The summed E-state index contributed by atoms with van der Waals surface area (Å²) >= 11 is 12.3. The number of likely N-dealkylation sites (tertiary alicyclic amines) is 1. The lowest BCUT2D eigenvalue weighted by Gasteiger charge is -2.29. The lowest BCUT2D eigenvalue weighted by Crippen LogP contribution is -2.37. The molecule has 0 radical (unpaired) electrons. The highest BCUT2D eigenvalue weighted by atomic mass is 35.5. The third-order valence-electron chi connectivity index (χ3n) is 4.78. The van der Waals surface area contributed by atoms with E-state index in [1.165, 1.54) is 24.3 Å². The van der Waals surface area contributed by atoms with Gasteiger partial charge in [-0.3, -0.25) is 19.8 Å². The van der Waals surface area contributed by atoms with Gasteiger partial charge in [0.05, 0.1) is 21.6 Å². The van der Waals surface area contributed by atoms with E-state index in [1.54, 1.807) is 6.07 Å². The quantitative estimate of drug-likeness (QED) is 0.541. The van der Waals surface area contributed by atoms with Crippen molar-refractivity contribution in [2.45, 2.75) is 18.9 Å². The van der Waals surface area contributed by atoms with Crippen LogP contribution in [0.3, 0.4) is 0 Å². The summed E-state index contributed by atoms with van der Waals surface area (Å²) in [5.41, 5.74) is 0.267. The zero-order chi connectivity index (χ0) is 20.3. The van der Waals surface area contributed by atoms with Gasteiger partial charge in [0, 0.05) is 29.3 Å². The van der Waals surface area contributed by atoms with Crippen molar-refractivity contribution in [1.29, 1.82) is 0 Å². The Kier molecular flexibility index (Phi) is 6.49. The first-order valence-corrected chi connectivity index (χ1v) is 9.54. The summed E-state index contributed by atoms with van der Waals surface area (Å²) in [6, 6.07) is 7.73. The number of nitrogens with zero attached hydrogens (tertiary/aromatic N) is 2. The van der Waals surface area contributed by atoms with E-state index in [0.717, 1.165) is 32.0 Å². The first-order chi connectivity index (χ1) is 13.4. The Labute approximate surface area is 171 Å². The van der Waals surface area contributed by atoms with Crippen molar-refractivity contribution < 1.29 is 14.1 Å². The Morgan fingerprint density at radius 3 is 2.54 bits per heavy atom. The fourth-order valence-electron chi connectivity index (χ4n) is 3.38. The van der Waals surface area contributed by atoms with Crippen LogP contribution in [0.1, 0.15) is 34.8 Å². The molecule has 2 aromatic rings. The van der Waals surface area contributed by atoms with Gasteiger partial charge in [-0.05, 0) is 44.1 Å². The van der Waals surface area contributed by atoms with Crippen LogP contribution in [0.2, 0.25) is 10.0 Å². The maximum absolute atomic E-state index is 14.5. The molecular weight excluding hydrogens is 408 g/mol. The van der Waals surface area contributed by atoms with Gasteiger partial charge in [-0.25, -0.2) is 4.39 Å². The monoisotopic (exact) mass is 425 g/mol. The number of hydrogen-bond acceptors (Lipinski definition) is 4. The summed E-state index contributed by atoms with van der Waals surface area (Å²) in [4.78, 5) is 24.9. The highest BCUT2D eigenvalue weighted by Gasteiger charge is 2.28. The normalized spacial score (nSPS) is 15.4. The predicted octanol–water partition coefficient (Wildman–Crippen LogP) is 4.61. The number of rotatable bonds is 6. The van der Waals surface area contributed by atoms with Gasteiger partial charge in [-0.1, -0.05) is 29.3 Å². The number of nitro benzene ring substituents is 1. The third-order valence-corrected chi connectivity index (χ3v) is 5.42. The second-order valence-electron chi connectivity index (χ2n) is 6.53. The van der Waals surface area contributed by atoms with Crippen molar-refractivity contribution in [3.63, 3.8) is 0 Å². The first kappa shape index (κ1) is 20.5. The van der Waals surface area contributed by atoms with Crippen molar-refractivity contribution in [2.24, 2.45) is 0 Å². The molecule has 3 rings (SSSR count). The number of carbonyl (C=O) groups is 1. The molecule has 9 heteroatoms. The van der Waals surface area contributed by atoms with Gasteiger partial charge >= 0.3 is 0 Å². The number of hydrogen-bond donors (Lipinski definition) is 1. The van der Waals surface area contributed by atoms with Crippen LogP contribution in [0.25, 0.3) is 0 Å². The van der Waals surface area contributed by atoms with Crippen LogP contribution in [0.15, 0.2) is 36.4 Å². The predicted molar refractivity (Wildman–Crippen MR) is 105 cm³/mol. The smallest absolute Gasteiger partial charge is 0.270 e. The zero-order valence-electron chi connectivity index (χ0n) is 14.8. The molecule has 0 spiro atoms. The minimum Gasteiger partial charge on any atom is -0.350 e. The fraction of sp³-hybridized carbons (Fsp3) is 0.316. The Morgan fingerprint density at radius 1 is 1.21 bits per heavy atom. The second-order valence-corrected chi connectivity index (χ2v) is 7.34. The van der Waals surface area contributed by atoms with Crippen LogP contribution in [0.4, 0.5) is 10.1 Å². The molecule has 6 nitrogen and oxygen atoms in total. The molecule has 0 aliphatic carbocycles. The highest BCUT2D eigenvalue weighted by Crippen LogP contribution is 2.32. The molecule has 1 unspecified atom stereocenters. The average molecular weight is 426 g/mol. The zero-order valence-corrected chi connectivity index (χ0v) is 16.3. The van der Waals surface area contributed by atoms with Gasteiger partial charge in [0.15, 0.2) is 0 Å². The van der Waals surface area contributed by atoms with Crippen molar-refractivity contribution in [3.05, 3.63) is 73.5 Å². The summed E-state index contributed by atoms with van der Waals surface area (Å²) < 4.78 is 14.5. The lowest BCUT2D eigenvalue weighted by atomic mass is 10.0.